The van der Waals surface area contributed by atoms with Crippen LogP contribution in [0.25, 0.3) is 22.4 Å². The Bertz CT molecular complexity index is 843. The third kappa shape index (κ3) is 1.68. The molecule has 104 valence electrons. The van der Waals surface area contributed by atoms with Gasteiger partial charge in [0.1, 0.15) is 5.66 Å². The summed E-state index contributed by atoms with van der Waals surface area (Å²) in [6, 6.07) is 18.6. The lowest BCUT2D eigenvalue weighted by Crippen LogP contribution is -2.45. The molecular formula is C18H17N3. The largest absolute Gasteiger partial charge is 0.359 e. The lowest BCUT2D eigenvalue weighted by molar-refractivity contribution is 0.584. The van der Waals surface area contributed by atoms with Crippen LogP contribution < -0.4 is 11.5 Å². The minimum atomic E-state index is -0.927. The van der Waals surface area contributed by atoms with Crippen LogP contribution in [0, 0.1) is 6.92 Å². The Morgan fingerprint density at radius 1 is 0.857 bits per heavy atom. The second-order valence-electron chi connectivity index (χ2n) is 5.73. The smallest absolute Gasteiger partial charge is 0.118 e. The van der Waals surface area contributed by atoms with E-state index in [1.165, 1.54) is 0 Å². The van der Waals surface area contributed by atoms with Gasteiger partial charge in [-0.2, -0.15) is 0 Å². The average Bonchev–Trinajstić information content (AvgIpc) is 3.01. The molecule has 1 heterocycles. The van der Waals surface area contributed by atoms with Crippen molar-refractivity contribution in [2.75, 3.05) is 0 Å². The van der Waals surface area contributed by atoms with Crippen LogP contribution >= 0.6 is 0 Å². The molecule has 1 aliphatic rings. The third-order valence-corrected chi connectivity index (χ3v) is 4.27. The van der Waals surface area contributed by atoms with E-state index < -0.39 is 5.66 Å². The number of hydrogen-bond acceptors (Lipinski definition) is 2. The SMILES string of the molecule is Cc1ccc(-c2ccc3c(c2)C(N)(N)c2ccccc2-3)[nH]1. The highest BCUT2D eigenvalue weighted by Crippen LogP contribution is 2.44. The maximum atomic E-state index is 6.42. The van der Waals surface area contributed by atoms with E-state index in [1.807, 2.05) is 25.1 Å². The third-order valence-electron chi connectivity index (χ3n) is 4.27. The van der Waals surface area contributed by atoms with Crippen LogP contribution in [0.4, 0.5) is 0 Å². The summed E-state index contributed by atoms with van der Waals surface area (Å²) >= 11 is 0. The van der Waals surface area contributed by atoms with Crippen LogP contribution in [-0.2, 0) is 5.66 Å². The molecule has 0 unspecified atom stereocenters. The van der Waals surface area contributed by atoms with Crippen LogP contribution in [0.5, 0.6) is 0 Å². The fourth-order valence-electron chi connectivity index (χ4n) is 3.19. The van der Waals surface area contributed by atoms with E-state index in [2.05, 4.69) is 41.4 Å². The Kier molecular flexibility index (Phi) is 2.40. The highest BCUT2D eigenvalue weighted by atomic mass is 15.0. The van der Waals surface area contributed by atoms with E-state index >= 15 is 0 Å². The van der Waals surface area contributed by atoms with Gasteiger partial charge in [-0.1, -0.05) is 36.4 Å². The highest BCUT2D eigenvalue weighted by Gasteiger charge is 2.36. The molecule has 4 rings (SSSR count). The molecule has 0 atom stereocenters. The molecular weight excluding hydrogens is 258 g/mol. The molecule has 21 heavy (non-hydrogen) atoms. The standard InChI is InChI=1S/C18H17N3/c1-11-6-9-17(21-11)12-7-8-14-13-4-2-3-5-15(13)18(19,20)16(14)10-12/h2-10,21H,19-20H2,1H3. The minimum Gasteiger partial charge on any atom is -0.359 e. The molecule has 1 aliphatic carbocycles. The summed E-state index contributed by atoms with van der Waals surface area (Å²) in [5.74, 6) is 0. The van der Waals surface area contributed by atoms with Crippen molar-refractivity contribution in [2.45, 2.75) is 12.6 Å². The number of rotatable bonds is 1. The predicted molar refractivity (Wildman–Crippen MR) is 85.6 cm³/mol. The number of nitrogens with two attached hydrogens (primary N) is 2. The first kappa shape index (κ1) is 12.4. The molecule has 0 spiro atoms. The minimum absolute atomic E-state index is 0.927. The zero-order valence-corrected chi connectivity index (χ0v) is 11.9. The zero-order valence-electron chi connectivity index (χ0n) is 11.9. The Balaban J connectivity index is 1.93. The van der Waals surface area contributed by atoms with Gasteiger partial charge in [0.2, 0.25) is 0 Å². The van der Waals surface area contributed by atoms with E-state index in [-0.39, 0.29) is 0 Å². The monoisotopic (exact) mass is 275 g/mol. The number of benzene rings is 2. The van der Waals surface area contributed by atoms with Crippen molar-refractivity contribution in [2.24, 2.45) is 11.5 Å². The quantitative estimate of drug-likeness (QED) is 0.597. The van der Waals surface area contributed by atoms with Gasteiger partial charge in [0.15, 0.2) is 0 Å². The van der Waals surface area contributed by atoms with Crippen molar-refractivity contribution in [3.05, 3.63) is 71.4 Å². The van der Waals surface area contributed by atoms with E-state index in [9.17, 15) is 0 Å². The lowest BCUT2D eigenvalue weighted by Gasteiger charge is -2.21. The molecule has 0 saturated heterocycles. The summed E-state index contributed by atoms with van der Waals surface area (Å²) < 4.78 is 0. The van der Waals surface area contributed by atoms with Crippen molar-refractivity contribution < 1.29 is 0 Å². The molecule has 0 radical (unpaired) electrons. The van der Waals surface area contributed by atoms with Gasteiger partial charge in [-0.15, -0.1) is 0 Å². The number of fused-ring (bicyclic) bond motifs is 3. The van der Waals surface area contributed by atoms with Gasteiger partial charge in [0.25, 0.3) is 0 Å². The number of aryl methyl sites for hydroxylation is 1. The van der Waals surface area contributed by atoms with Crippen molar-refractivity contribution in [3.8, 4) is 22.4 Å². The number of hydrogen-bond donors (Lipinski definition) is 3. The molecule has 0 fully saturated rings. The Labute approximate surface area is 123 Å². The maximum Gasteiger partial charge on any atom is 0.118 e. The molecule has 0 amide bonds. The molecule has 2 aromatic carbocycles. The molecule has 3 heteroatoms. The summed E-state index contributed by atoms with van der Waals surface area (Å²) in [5, 5.41) is 0. The second kappa shape index (κ2) is 4.07. The van der Waals surface area contributed by atoms with E-state index in [0.717, 1.165) is 39.2 Å². The Hall–Kier alpha value is -2.36. The fourth-order valence-corrected chi connectivity index (χ4v) is 3.19. The summed E-state index contributed by atoms with van der Waals surface area (Å²) in [7, 11) is 0. The highest BCUT2D eigenvalue weighted by molar-refractivity contribution is 5.82. The fraction of sp³-hybridized carbons (Fsp3) is 0.111. The summed E-state index contributed by atoms with van der Waals surface area (Å²) in [5.41, 5.74) is 19.5. The molecule has 0 aliphatic heterocycles. The van der Waals surface area contributed by atoms with Crippen LogP contribution in [0.1, 0.15) is 16.8 Å². The van der Waals surface area contributed by atoms with Crippen LogP contribution in [0.3, 0.4) is 0 Å². The van der Waals surface area contributed by atoms with Gasteiger partial charge in [-0.05, 0) is 52.9 Å². The first-order chi connectivity index (χ1) is 10.1. The van der Waals surface area contributed by atoms with Gasteiger partial charge >= 0.3 is 0 Å². The average molecular weight is 275 g/mol. The van der Waals surface area contributed by atoms with Gasteiger partial charge < -0.3 is 16.5 Å². The number of aromatic nitrogens is 1. The summed E-state index contributed by atoms with van der Waals surface area (Å²) in [4.78, 5) is 3.35. The number of nitrogens with one attached hydrogen (secondary N) is 1. The molecule has 1 aromatic heterocycles. The van der Waals surface area contributed by atoms with E-state index in [4.69, 9.17) is 11.5 Å². The summed E-state index contributed by atoms with van der Waals surface area (Å²) in [6.45, 7) is 2.04. The van der Waals surface area contributed by atoms with Gasteiger partial charge in [-0.25, -0.2) is 0 Å². The number of H-pyrrole nitrogens is 1. The topological polar surface area (TPSA) is 67.8 Å². The second-order valence-corrected chi connectivity index (χ2v) is 5.73. The zero-order chi connectivity index (χ0) is 14.6. The van der Waals surface area contributed by atoms with E-state index in [0.29, 0.717) is 0 Å². The summed E-state index contributed by atoms with van der Waals surface area (Å²) in [6.07, 6.45) is 0. The van der Waals surface area contributed by atoms with Crippen molar-refractivity contribution in [1.29, 1.82) is 0 Å². The Morgan fingerprint density at radius 2 is 1.62 bits per heavy atom. The lowest BCUT2D eigenvalue weighted by atomic mass is 9.97. The van der Waals surface area contributed by atoms with Crippen molar-refractivity contribution >= 4 is 0 Å². The van der Waals surface area contributed by atoms with Gasteiger partial charge in [0.05, 0.1) is 0 Å². The molecule has 0 bridgehead atoms. The molecule has 0 saturated carbocycles. The predicted octanol–water partition coefficient (Wildman–Crippen LogP) is 3.09. The first-order valence-electron chi connectivity index (χ1n) is 7.05. The van der Waals surface area contributed by atoms with Crippen molar-refractivity contribution in [1.82, 2.24) is 4.98 Å². The van der Waals surface area contributed by atoms with Gasteiger partial charge in [-0.3, -0.25) is 0 Å². The molecule has 3 nitrogen and oxygen atoms in total. The van der Waals surface area contributed by atoms with Crippen molar-refractivity contribution in [3.63, 3.8) is 0 Å². The molecule has 5 N–H and O–H groups in total. The number of aromatic amines is 1. The van der Waals surface area contributed by atoms with Crippen LogP contribution in [0.15, 0.2) is 54.6 Å². The molecule has 3 aromatic rings. The first-order valence-corrected chi connectivity index (χ1v) is 7.05. The van der Waals surface area contributed by atoms with E-state index in [1.54, 1.807) is 0 Å². The maximum absolute atomic E-state index is 6.42. The van der Waals surface area contributed by atoms with Crippen LogP contribution in [-0.4, -0.2) is 4.98 Å². The van der Waals surface area contributed by atoms with Crippen LogP contribution in [0.2, 0.25) is 0 Å². The normalized spacial score (nSPS) is 14.8. The van der Waals surface area contributed by atoms with Gasteiger partial charge in [0, 0.05) is 11.4 Å². The Morgan fingerprint density at radius 3 is 2.38 bits per heavy atom.